The third kappa shape index (κ3) is 2.89. The van der Waals surface area contributed by atoms with E-state index in [0.717, 1.165) is 23.3 Å². The summed E-state index contributed by atoms with van der Waals surface area (Å²) in [4.78, 5) is 38.3. The van der Waals surface area contributed by atoms with E-state index in [1.807, 2.05) is 42.5 Å². The van der Waals surface area contributed by atoms with E-state index in [9.17, 15) is 19.7 Å². The molecule has 1 saturated heterocycles. The van der Waals surface area contributed by atoms with Crippen molar-refractivity contribution in [1.82, 2.24) is 0 Å². The minimum atomic E-state index is -0.481. The highest BCUT2D eigenvalue weighted by atomic mass is 16.6. The topological polar surface area (TPSA) is 92.6 Å². The Morgan fingerprint density at radius 2 is 1.67 bits per heavy atom. The maximum absolute atomic E-state index is 13.0. The summed E-state index contributed by atoms with van der Waals surface area (Å²) in [7, 11) is 0. The average molecular weight is 403 g/mol. The molecule has 152 valence electrons. The van der Waals surface area contributed by atoms with Gasteiger partial charge in [0, 0.05) is 12.6 Å². The van der Waals surface area contributed by atoms with Gasteiger partial charge >= 0.3 is 0 Å². The Kier molecular flexibility index (Phi) is 4.38. The van der Waals surface area contributed by atoms with Crippen LogP contribution in [0.1, 0.15) is 12.0 Å². The Morgan fingerprint density at radius 3 is 2.30 bits per heavy atom. The van der Waals surface area contributed by atoms with E-state index in [1.54, 1.807) is 12.1 Å². The predicted molar refractivity (Wildman–Crippen MR) is 112 cm³/mol. The largest absolute Gasteiger partial charge is 0.379 e. The molecule has 1 N–H and O–H groups in total. The number of carbonyl (C=O) groups is 2. The van der Waals surface area contributed by atoms with Crippen molar-refractivity contribution in [2.24, 2.45) is 23.7 Å². The highest BCUT2D eigenvalue weighted by molar-refractivity contribution is 6.23. The van der Waals surface area contributed by atoms with Crippen LogP contribution >= 0.6 is 0 Å². The van der Waals surface area contributed by atoms with E-state index in [-0.39, 0.29) is 46.9 Å². The molecule has 0 spiro atoms. The Labute approximate surface area is 173 Å². The van der Waals surface area contributed by atoms with Gasteiger partial charge in [-0.15, -0.1) is 0 Å². The maximum atomic E-state index is 13.0. The van der Waals surface area contributed by atoms with Crippen LogP contribution in [0.5, 0.6) is 0 Å². The quantitative estimate of drug-likeness (QED) is 0.345. The summed E-state index contributed by atoms with van der Waals surface area (Å²) in [6.45, 7) is 0.533. The Hall–Kier alpha value is -3.48. The van der Waals surface area contributed by atoms with Gasteiger partial charge in [-0.25, -0.2) is 4.90 Å². The van der Waals surface area contributed by atoms with Crippen molar-refractivity contribution in [3.8, 4) is 0 Å². The van der Waals surface area contributed by atoms with E-state index >= 15 is 0 Å². The second-order valence-corrected chi connectivity index (χ2v) is 8.13. The van der Waals surface area contributed by atoms with Gasteiger partial charge in [0.25, 0.3) is 5.69 Å². The second-order valence-electron chi connectivity index (χ2n) is 8.13. The first-order valence-electron chi connectivity index (χ1n) is 10.2. The Balaban J connectivity index is 1.37. The molecule has 4 atom stereocenters. The van der Waals surface area contributed by atoms with Gasteiger partial charge in [-0.2, -0.15) is 0 Å². The fraction of sp³-hybridized carbons (Fsp3) is 0.304. The van der Waals surface area contributed by atoms with Crippen LogP contribution in [-0.2, 0) is 16.0 Å². The standard InChI is InChI=1S/C23H21N3O4/c27-22-20-15-6-7-16(12-15)21(20)23(28)25(22)17-8-9-18(19(13-17)26(29)30)24-11-10-14-4-2-1-3-5-14/h1-9,13,15-16,20-21,24H,10-12H2. The number of imide groups is 1. The molecule has 0 radical (unpaired) electrons. The lowest BCUT2D eigenvalue weighted by atomic mass is 9.85. The molecule has 7 nitrogen and oxygen atoms in total. The van der Waals surface area contributed by atoms with Crippen molar-refractivity contribution >= 4 is 28.9 Å². The van der Waals surface area contributed by atoms with Crippen LogP contribution in [0.3, 0.4) is 0 Å². The predicted octanol–water partition coefficient (Wildman–Crippen LogP) is 3.56. The number of nitro groups is 1. The highest BCUT2D eigenvalue weighted by Crippen LogP contribution is 2.53. The van der Waals surface area contributed by atoms with Crippen LogP contribution in [0.2, 0.25) is 0 Å². The monoisotopic (exact) mass is 403 g/mol. The van der Waals surface area contributed by atoms with Crippen molar-refractivity contribution < 1.29 is 14.5 Å². The summed E-state index contributed by atoms with van der Waals surface area (Å²) < 4.78 is 0. The zero-order valence-corrected chi connectivity index (χ0v) is 16.2. The van der Waals surface area contributed by atoms with Gasteiger partial charge < -0.3 is 5.32 Å². The molecule has 5 rings (SSSR count). The van der Waals surface area contributed by atoms with E-state index < -0.39 is 4.92 Å². The number of rotatable bonds is 6. The SMILES string of the molecule is O=C1C2C3C=CC(C3)C2C(=O)N1c1ccc(NCCc2ccccc2)c([N+](=O)[O-])c1. The molecule has 1 heterocycles. The van der Waals surface area contributed by atoms with E-state index in [1.165, 1.54) is 6.07 Å². The van der Waals surface area contributed by atoms with Gasteiger partial charge in [-0.05, 0) is 42.4 Å². The normalized spacial score (nSPS) is 26.3. The van der Waals surface area contributed by atoms with Crippen molar-refractivity contribution in [3.05, 3.63) is 76.4 Å². The van der Waals surface area contributed by atoms with Gasteiger partial charge in [0.15, 0.2) is 0 Å². The molecule has 1 aliphatic heterocycles. The number of allylic oxidation sites excluding steroid dienone is 2. The van der Waals surface area contributed by atoms with Gasteiger partial charge in [-0.1, -0.05) is 42.5 Å². The second kappa shape index (κ2) is 7.09. The van der Waals surface area contributed by atoms with Crippen LogP contribution in [0.25, 0.3) is 0 Å². The molecule has 0 aromatic heterocycles. The molecule has 2 aromatic rings. The van der Waals surface area contributed by atoms with Gasteiger partial charge in [-0.3, -0.25) is 19.7 Å². The van der Waals surface area contributed by atoms with Crippen molar-refractivity contribution in [2.75, 3.05) is 16.8 Å². The summed E-state index contributed by atoms with van der Waals surface area (Å²) in [6, 6.07) is 14.4. The number of carbonyl (C=O) groups excluding carboxylic acids is 2. The molecule has 4 unspecified atom stereocenters. The number of nitro benzene ring substituents is 1. The van der Waals surface area contributed by atoms with Gasteiger partial charge in [0.05, 0.1) is 22.4 Å². The van der Waals surface area contributed by atoms with Crippen LogP contribution in [0.15, 0.2) is 60.7 Å². The minimum Gasteiger partial charge on any atom is -0.379 e. The third-order valence-electron chi connectivity index (χ3n) is 6.48. The lowest BCUT2D eigenvalue weighted by Gasteiger charge is -2.18. The molecule has 2 bridgehead atoms. The number of nitrogens with one attached hydrogen (secondary N) is 1. The molecule has 7 heteroatoms. The van der Waals surface area contributed by atoms with Crippen LogP contribution in [-0.4, -0.2) is 23.3 Å². The van der Waals surface area contributed by atoms with Gasteiger partial charge in [0.2, 0.25) is 11.8 Å². The van der Waals surface area contributed by atoms with Gasteiger partial charge in [0.1, 0.15) is 5.69 Å². The number of fused-ring (bicyclic) bond motifs is 5. The summed E-state index contributed by atoms with van der Waals surface area (Å²) in [5, 5.41) is 14.8. The number of hydrogen-bond donors (Lipinski definition) is 1. The number of nitrogens with zero attached hydrogens (tertiary/aromatic N) is 2. The van der Waals surface area contributed by atoms with E-state index in [4.69, 9.17) is 0 Å². The first-order chi connectivity index (χ1) is 14.5. The number of hydrogen-bond acceptors (Lipinski definition) is 5. The summed E-state index contributed by atoms with van der Waals surface area (Å²) in [6.07, 6.45) is 5.64. The van der Waals surface area contributed by atoms with Crippen molar-refractivity contribution in [1.29, 1.82) is 0 Å². The van der Waals surface area contributed by atoms with E-state index in [0.29, 0.717) is 12.2 Å². The Bertz CT molecular complexity index is 1040. The first-order valence-corrected chi connectivity index (χ1v) is 10.2. The first kappa shape index (κ1) is 18.5. The van der Waals surface area contributed by atoms with Crippen LogP contribution < -0.4 is 10.2 Å². The molecular weight excluding hydrogens is 382 g/mol. The third-order valence-corrected chi connectivity index (χ3v) is 6.48. The molecular formula is C23H21N3O4. The maximum Gasteiger partial charge on any atom is 0.294 e. The number of anilines is 2. The molecule has 30 heavy (non-hydrogen) atoms. The zero-order valence-electron chi connectivity index (χ0n) is 16.2. The zero-order chi connectivity index (χ0) is 20.8. The Morgan fingerprint density at radius 1 is 1.00 bits per heavy atom. The lowest BCUT2D eigenvalue weighted by molar-refractivity contribution is -0.383. The van der Waals surface area contributed by atoms with Crippen LogP contribution in [0, 0.1) is 33.8 Å². The lowest BCUT2D eigenvalue weighted by Crippen LogP contribution is -2.32. The molecule has 2 fully saturated rings. The average Bonchev–Trinajstić information content (AvgIpc) is 3.43. The summed E-state index contributed by atoms with van der Waals surface area (Å²) >= 11 is 0. The minimum absolute atomic E-state index is 0.107. The fourth-order valence-corrected chi connectivity index (χ4v) is 5.10. The van der Waals surface area contributed by atoms with E-state index in [2.05, 4.69) is 5.32 Å². The molecule has 2 amide bonds. The molecule has 2 aromatic carbocycles. The molecule has 3 aliphatic rings. The highest BCUT2D eigenvalue weighted by Gasteiger charge is 2.59. The number of benzene rings is 2. The smallest absolute Gasteiger partial charge is 0.294 e. The van der Waals surface area contributed by atoms with Crippen LogP contribution in [0.4, 0.5) is 17.1 Å². The summed E-state index contributed by atoms with van der Waals surface area (Å²) in [5.41, 5.74) is 1.64. The molecule has 2 aliphatic carbocycles. The molecule has 1 saturated carbocycles. The van der Waals surface area contributed by atoms with Crippen molar-refractivity contribution in [2.45, 2.75) is 12.8 Å². The fourth-order valence-electron chi connectivity index (χ4n) is 5.10. The van der Waals surface area contributed by atoms with Crippen molar-refractivity contribution in [3.63, 3.8) is 0 Å². The number of amides is 2. The summed E-state index contributed by atoms with van der Waals surface area (Å²) in [5.74, 6) is -0.905.